The fourth-order valence-corrected chi connectivity index (χ4v) is 0.967. The highest BCUT2D eigenvalue weighted by Crippen LogP contribution is 2.07. The Morgan fingerprint density at radius 3 is 2.56 bits per heavy atom. The van der Waals surface area contributed by atoms with Gasteiger partial charge in [-0.05, 0) is 12.1 Å². The summed E-state index contributed by atoms with van der Waals surface area (Å²) in [5, 5.41) is 0. The summed E-state index contributed by atoms with van der Waals surface area (Å²) >= 11 is 0. The smallest absolute Gasteiger partial charge is 0.262 e. The van der Waals surface area contributed by atoms with Crippen LogP contribution in [-0.2, 0) is 9.59 Å². The largest absolute Gasteiger partial charge is 0.274 e. The highest BCUT2D eigenvalue weighted by atomic mass is 19.1. The number of nitrogens with one attached hydrogen (secondary N) is 2. The Kier molecular flexibility index (Phi) is 4.20. The van der Waals surface area contributed by atoms with Crippen LogP contribution in [0.4, 0.5) is 4.39 Å². The van der Waals surface area contributed by atoms with Crippen LogP contribution in [0.5, 0.6) is 0 Å². The lowest BCUT2D eigenvalue weighted by Crippen LogP contribution is -2.39. The highest BCUT2D eigenvalue weighted by Gasteiger charge is 1.98. The standard InChI is InChI=1S/C11H11FN2O2/c1-8(15)13-14-11(16)7-6-9-4-2-3-5-10(9)12/h2-7H,1H3,(H,13,15)(H,14,16)/b7-6+. The third-order valence-electron chi connectivity index (χ3n) is 1.68. The summed E-state index contributed by atoms with van der Waals surface area (Å²) in [6.07, 6.45) is 2.46. The maximum Gasteiger partial charge on any atom is 0.262 e. The van der Waals surface area contributed by atoms with Crippen LogP contribution >= 0.6 is 0 Å². The van der Waals surface area contributed by atoms with E-state index in [2.05, 4.69) is 10.9 Å². The summed E-state index contributed by atoms with van der Waals surface area (Å²) in [5.41, 5.74) is 4.54. The number of benzene rings is 1. The van der Waals surface area contributed by atoms with Gasteiger partial charge in [0.05, 0.1) is 0 Å². The molecule has 1 aromatic rings. The van der Waals surface area contributed by atoms with Crippen molar-refractivity contribution in [1.29, 1.82) is 0 Å². The molecule has 5 heteroatoms. The average Bonchev–Trinajstić information content (AvgIpc) is 2.25. The average molecular weight is 222 g/mol. The molecule has 16 heavy (non-hydrogen) atoms. The van der Waals surface area contributed by atoms with Crippen molar-refractivity contribution in [1.82, 2.24) is 10.9 Å². The van der Waals surface area contributed by atoms with E-state index in [1.165, 1.54) is 25.1 Å². The molecule has 0 unspecified atom stereocenters. The van der Waals surface area contributed by atoms with Crippen LogP contribution in [0.1, 0.15) is 12.5 Å². The molecule has 0 aliphatic carbocycles. The number of rotatable bonds is 2. The van der Waals surface area contributed by atoms with Gasteiger partial charge in [0, 0.05) is 18.6 Å². The predicted octanol–water partition coefficient (Wildman–Crippen LogP) is 1.01. The zero-order valence-electron chi connectivity index (χ0n) is 8.66. The number of hydrogen-bond acceptors (Lipinski definition) is 2. The molecule has 0 saturated carbocycles. The van der Waals surface area contributed by atoms with Crippen molar-refractivity contribution >= 4 is 17.9 Å². The molecule has 2 N–H and O–H groups in total. The normalized spacial score (nSPS) is 10.1. The Labute approximate surface area is 92.1 Å². The lowest BCUT2D eigenvalue weighted by molar-refractivity contribution is -0.125. The molecule has 2 amide bonds. The van der Waals surface area contributed by atoms with Crippen molar-refractivity contribution in [3.05, 3.63) is 41.7 Å². The van der Waals surface area contributed by atoms with Crippen LogP contribution in [0.2, 0.25) is 0 Å². The summed E-state index contributed by atoms with van der Waals surface area (Å²) in [5.74, 6) is -1.32. The molecule has 1 rings (SSSR count). The first kappa shape index (κ1) is 11.9. The van der Waals surface area contributed by atoms with Crippen molar-refractivity contribution in [2.45, 2.75) is 6.92 Å². The van der Waals surface area contributed by atoms with Crippen LogP contribution in [0.25, 0.3) is 6.08 Å². The van der Waals surface area contributed by atoms with E-state index in [1.54, 1.807) is 12.1 Å². The molecule has 0 heterocycles. The highest BCUT2D eigenvalue weighted by molar-refractivity contribution is 5.92. The Balaban J connectivity index is 2.57. The number of hydrazine groups is 1. The second-order valence-corrected chi connectivity index (χ2v) is 3.03. The fourth-order valence-electron chi connectivity index (χ4n) is 0.967. The molecule has 0 aliphatic heterocycles. The first-order valence-corrected chi connectivity index (χ1v) is 4.59. The fraction of sp³-hybridized carbons (Fsp3) is 0.0909. The van der Waals surface area contributed by atoms with E-state index in [0.717, 1.165) is 6.08 Å². The predicted molar refractivity (Wildman–Crippen MR) is 57.4 cm³/mol. The summed E-state index contributed by atoms with van der Waals surface area (Å²) in [7, 11) is 0. The molecule has 0 bridgehead atoms. The summed E-state index contributed by atoms with van der Waals surface area (Å²) < 4.78 is 13.1. The number of carbonyl (C=O) groups excluding carboxylic acids is 2. The minimum absolute atomic E-state index is 0.306. The minimum atomic E-state index is -0.529. The number of amides is 2. The maximum atomic E-state index is 13.1. The lowest BCUT2D eigenvalue weighted by atomic mass is 10.2. The third-order valence-corrected chi connectivity index (χ3v) is 1.68. The molecule has 0 atom stereocenters. The molecular formula is C11H11FN2O2. The van der Waals surface area contributed by atoms with Gasteiger partial charge in [-0.1, -0.05) is 18.2 Å². The van der Waals surface area contributed by atoms with E-state index in [0.29, 0.717) is 5.56 Å². The molecule has 0 spiro atoms. The zero-order valence-corrected chi connectivity index (χ0v) is 8.66. The first-order chi connectivity index (χ1) is 7.59. The van der Waals surface area contributed by atoms with Gasteiger partial charge in [0.15, 0.2) is 0 Å². The molecule has 0 saturated heterocycles. The van der Waals surface area contributed by atoms with Gasteiger partial charge in [-0.3, -0.25) is 20.4 Å². The van der Waals surface area contributed by atoms with Crippen LogP contribution in [-0.4, -0.2) is 11.8 Å². The van der Waals surface area contributed by atoms with E-state index < -0.39 is 11.7 Å². The maximum absolute atomic E-state index is 13.1. The Morgan fingerprint density at radius 1 is 1.25 bits per heavy atom. The summed E-state index contributed by atoms with van der Waals surface area (Å²) in [6, 6.07) is 6.06. The van der Waals surface area contributed by atoms with Gasteiger partial charge in [0.2, 0.25) is 5.91 Å². The van der Waals surface area contributed by atoms with Crippen molar-refractivity contribution < 1.29 is 14.0 Å². The quantitative estimate of drug-likeness (QED) is 0.579. The van der Waals surface area contributed by atoms with Crippen LogP contribution in [0.3, 0.4) is 0 Å². The molecule has 0 aromatic heterocycles. The summed E-state index contributed by atoms with van der Waals surface area (Å²) in [4.78, 5) is 21.6. The van der Waals surface area contributed by atoms with E-state index >= 15 is 0 Å². The van der Waals surface area contributed by atoms with E-state index in [9.17, 15) is 14.0 Å². The van der Waals surface area contributed by atoms with Gasteiger partial charge in [0.25, 0.3) is 5.91 Å². The van der Waals surface area contributed by atoms with Crippen LogP contribution in [0, 0.1) is 5.82 Å². The monoisotopic (exact) mass is 222 g/mol. The van der Waals surface area contributed by atoms with Crippen LogP contribution in [0.15, 0.2) is 30.3 Å². The van der Waals surface area contributed by atoms with E-state index in [-0.39, 0.29) is 5.91 Å². The lowest BCUT2D eigenvalue weighted by Gasteiger charge is -2.00. The topological polar surface area (TPSA) is 58.2 Å². The molecular weight excluding hydrogens is 211 g/mol. The van der Waals surface area contributed by atoms with Crippen molar-refractivity contribution in [3.8, 4) is 0 Å². The zero-order chi connectivity index (χ0) is 12.0. The summed E-state index contributed by atoms with van der Waals surface area (Å²) in [6.45, 7) is 1.26. The van der Waals surface area contributed by atoms with Gasteiger partial charge in [0.1, 0.15) is 5.82 Å². The molecule has 0 fully saturated rings. The Hall–Kier alpha value is -2.17. The second-order valence-electron chi connectivity index (χ2n) is 3.03. The van der Waals surface area contributed by atoms with Gasteiger partial charge in [-0.2, -0.15) is 0 Å². The van der Waals surface area contributed by atoms with Crippen molar-refractivity contribution in [3.63, 3.8) is 0 Å². The van der Waals surface area contributed by atoms with Gasteiger partial charge >= 0.3 is 0 Å². The third kappa shape index (κ3) is 3.91. The number of halogens is 1. The van der Waals surface area contributed by atoms with Gasteiger partial charge < -0.3 is 0 Å². The van der Waals surface area contributed by atoms with Crippen molar-refractivity contribution in [2.75, 3.05) is 0 Å². The van der Waals surface area contributed by atoms with E-state index in [4.69, 9.17) is 0 Å². The number of hydrogen-bond donors (Lipinski definition) is 2. The van der Waals surface area contributed by atoms with Gasteiger partial charge in [-0.25, -0.2) is 4.39 Å². The Morgan fingerprint density at radius 2 is 1.94 bits per heavy atom. The molecule has 4 nitrogen and oxygen atoms in total. The minimum Gasteiger partial charge on any atom is -0.274 e. The molecule has 0 radical (unpaired) electrons. The second kappa shape index (κ2) is 5.65. The molecule has 84 valence electrons. The SMILES string of the molecule is CC(=O)NNC(=O)/C=C/c1ccccc1F. The molecule has 1 aromatic carbocycles. The van der Waals surface area contributed by atoms with E-state index in [1.807, 2.05) is 0 Å². The van der Waals surface area contributed by atoms with Crippen molar-refractivity contribution in [2.24, 2.45) is 0 Å². The van der Waals surface area contributed by atoms with Gasteiger partial charge in [-0.15, -0.1) is 0 Å². The number of carbonyl (C=O) groups is 2. The Bertz CT molecular complexity index is 430. The van der Waals surface area contributed by atoms with Crippen LogP contribution < -0.4 is 10.9 Å². The first-order valence-electron chi connectivity index (χ1n) is 4.59. The molecule has 0 aliphatic rings.